The van der Waals surface area contributed by atoms with Crippen molar-refractivity contribution in [3.63, 3.8) is 0 Å². The minimum atomic E-state index is -0.166. The zero-order chi connectivity index (χ0) is 20.0. The first-order valence-electron chi connectivity index (χ1n) is 10.8. The molecule has 10 heteroatoms. The van der Waals surface area contributed by atoms with E-state index in [1.807, 2.05) is 14.0 Å². The molecule has 0 aliphatic carbocycles. The maximum absolute atomic E-state index is 12.8. The lowest BCUT2D eigenvalue weighted by molar-refractivity contribution is -0.0371. The van der Waals surface area contributed by atoms with Crippen molar-refractivity contribution in [2.24, 2.45) is 18.9 Å². The number of amides is 1. The molecule has 0 radical (unpaired) electrons. The van der Waals surface area contributed by atoms with E-state index in [0.717, 1.165) is 36.8 Å². The first kappa shape index (κ1) is 24.0. The molecule has 1 amide bonds. The van der Waals surface area contributed by atoms with Crippen LogP contribution in [0, 0.1) is 18.8 Å². The lowest BCUT2D eigenvalue weighted by atomic mass is 9.73. The summed E-state index contributed by atoms with van der Waals surface area (Å²) in [5.74, 6) is 1.78. The van der Waals surface area contributed by atoms with Crippen LogP contribution in [0.2, 0.25) is 0 Å². The van der Waals surface area contributed by atoms with Crippen molar-refractivity contribution in [3.8, 4) is 11.3 Å². The first-order valence-corrected chi connectivity index (χ1v) is 10.8. The second kappa shape index (κ2) is 9.90. The number of rotatable bonds is 4. The van der Waals surface area contributed by atoms with E-state index in [4.69, 9.17) is 4.52 Å². The lowest BCUT2D eigenvalue weighted by Crippen LogP contribution is -2.65. The van der Waals surface area contributed by atoms with Crippen molar-refractivity contribution in [3.05, 3.63) is 23.7 Å². The highest BCUT2D eigenvalue weighted by atomic mass is 35.5. The number of carbonyl (C=O) groups excluding carboxylic acids is 1. The molecule has 0 unspecified atom stereocenters. The van der Waals surface area contributed by atoms with Crippen molar-refractivity contribution in [1.29, 1.82) is 0 Å². The zero-order valence-electron chi connectivity index (χ0n) is 18.0. The molecular formula is C21H32Cl2N6O2. The molecule has 4 atom stereocenters. The van der Waals surface area contributed by atoms with Gasteiger partial charge in [-0.05, 0) is 57.7 Å². The summed E-state index contributed by atoms with van der Waals surface area (Å²) in [5.41, 5.74) is 2.17. The Hall–Kier alpha value is -1.61. The summed E-state index contributed by atoms with van der Waals surface area (Å²) in [6.45, 7) is 5.99. The van der Waals surface area contributed by atoms with Gasteiger partial charge in [-0.2, -0.15) is 5.10 Å². The predicted molar refractivity (Wildman–Crippen MR) is 123 cm³/mol. The number of carbonyl (C=O) groups is 1. The van der Waals surface area contributed by atoms with Crippen molar-refractivity contribution in [2.45, 2.75) is 44.7 Å². The van der Waals surface area contributed by atoms with Gasteiger partial charge in [0.2, 0.25) is 0 Å². The van der Waals surface area contributed by atoms with Gasteiger partial charge < -0.3 is 15.2 Å². The third-order valence-corrected chi connectivity index (χ3v) is 7.24. The van der Waals surface area contributed by atoms with Crippen LogP contribution in [0.5, 0.6) is 0 Å². The van der Waals surface area contributed by atoms with E-state index >= 15 is 0 Å². The molecule has 3 aliphatic rings. The summed E-state index contributed by atoms with van der Waals surface area (Å²) < 4.78 is 7.20. The Morgan fingerprint density at radius 2 is 2.10 bits per heavy atom. The highest BCUT2D eigenvalue weighted by Gasteiger charge is 2.45. The Morgan fingerprint density at radius 3 is 2.87 bits per heavy atom. The lowest BCUT2D eigenvalue weighted by Gasteiger charge is -2.55. The molecule has 3 saturated heterocycles. The van der Waals surface area contributed by atoms with Crippen LogP contribution in [-0.4, -0.2) is 64.0 Å². The van der Waals surface area contributed by atoms with Gasteiger partial charge in [-0.25, -0.2) is 0 Å². The number of fused-ring (bicyclic) bond motifs is 4. The molecule has 0 spiro atoms. The fourth-order valence-electron chi connectivity index (χ4n) is 5.59. The van der Waals surface area contributed by atoms with E-state index in [2.05, 4.69) is 25.8 Å². The molecule has 0 aromatic carbocycles. The molecule has 31 heavy (non-hydrogen) atoms. The van der Waals surface area contributed by atoms with Crippen molar-refractivity contribution in [2.75, 3.05) is 26.2 Å². The van der Waals surface area contributed by atoms with Gasteiger partial charge in [0.05, 0.1) is 11.8 Å². The summed E-state index contributed by atoms with van der Waals surface area (Å²) in [6, 6.07) is 2.78. The molecule has 5 heterocycles. The standard InChI is InChI=1S/C21H30N6O2.2ClH/c1-13-16(11-24-26(13)2)20-8-17(25-29-20)21(28)23-12-19-15-7-14(9-22-10-15)18-5-3-4-6-27(18)19;;/h8,11,14-15,18-19,22H,3-7,9-10,12H2,1-2H3,(H,23,28);2*1H/t14-,15+,18+,19+;;/m1../s1. The van der Waals surface area contributed by atoms with Gasteiger partial charge in [-0.3, -0.25) is 14.4 Å². The number of hydrogen-bond acceptors (Lipinski definition) is 6. The minimum Gasteiger partial charge on any atom is -0.355 e. The van der Waals surface area contributed by atoms with Gasteiger partial charge in [0.15, 0.2) is 11.5 Å². The van der Waals surface area contributed by atoms with Crippen LogP contribution in [0.4, 0.5) is 0 Å². The molecule has 8 nitrogen and oxygen atoms in total. The number of hydrogen-bond donors (Lipinski definition) is 2. The maximum Gasteiger partial charge on any atom is 0.273 e. The van der Waals surface area contributed by atoms with Crippen LogP contribution >= 0.6 is 24.8 Å². The van der Waals surface area contributed by atoms with Crippen molar-refractivity contribution >= 4 is 30.7 Å². The summed E-state index contributed by atoms with van der Waals surface area (Å²) in [6.07, 6.45) is 6.91. The second-order valence-corrected chi connectivity index (χ2v) is 8.84. The second-order valence-electron chi connectivity index (χ2n) is 8.84. The van der Waals surface area contributed by atoms with Gasteiger partial charge >= 0.3 is 0 Å². The van der Waals surface area contributed by atoms with Crippen LogP contribution in [0.15, 0.2) is 16.8 Å². The van der Waals surface area contributed by atoms with E-state index in [1.165, 1.54) is 25.7 Å². The van der Waals surface area contributed by atoms with Gasteiger partial charge in [0.1, 0.15) is 0 Å². The molecular weight excluding hydrogens is 439 g/mol. The van der Waals surface area contributed by atoms with Gasteiger partial charge in [-0.1, -0.05) is 11.6 Å². The Bertz CT molecular complexity index is 900. The smallest absolute Gasteiger partial charge is 0.273 e. The fourth-order valence-corrected chi connectivity index (χ4v) is 5.59. The number of aromatic nitrogens is 3. The topological polar surface area (TPSA) is 88.2 Å². The molecule has 3 aliphatic heterocycles. The quantitative estimate of drug-likeness (QED) is 0.712. The van der Waals surface area contributed by atoms with Crippen molar-refractivity contribution < 1.29 is 9.32 Å². The van der Waals surface area contributed by atoms with E-state index < -0.39 is 0 Å². The average Bonchev–Trinajstić information content (AvgIpc) is 3.35. The predicted octanol–water partition coefficient (Wildman–Crippen LogP) is 2.42. The number of aryl methyl sites for hydroxylation is 1. The van der Waals surface area contributed by atoms with Crippen molar-refractivity contribution in [1.82, 2.24) is 30.5 Å². The Balaban J connectivity index is 0.00000136. The van der Waals surface area contributed by atoms with Crippen LogP contribution in [0.25, 0.3) is 11.3 Å². The van der Waals surface area contributed by atoms with Crippen LogP contribution in [-0.2, 0) is 7.05 Å². The van der Waals surface area contributed by atoms with Crippen LogP contribution in [0.1, 0.15) is 41.9 Å². The average molecular weight is 471 g/mol. The molecule has 5 rings (SSSR count). The molecule has 2 N–H and O–H groups in total. The summed E-state index contributed by atoms with van der Waals surface area (Å²) in [4.78, 5) is 15.5. The van der Waals surface area contributed by atoms with E-state index in [9.17, 15) is 4.79 Å². The summed E-state index contributed by atoms with van der Waals surface area (Å²) in [7, 11) is 1.88. The number of piperidine rings is 3. The molecule has 2 aromatic rings. The molecule has 2 bridgehead atoms. The normalized spacial score (nSPS) is 27.5. The summed E-state index contributed by atoms with van der Waals surface area (Å²) >= 11 is 0. The maximum atomic E-state index is 12.8. The monoisotopic (exact) mass is 470 g/mol. The van der Waals surface area contributed by atoms with Gasteiger partial charge in [-0.15, -0.1) is 24.8 Å². The number of nitrogens with one attached hydrogen (secondary N) is 2. The Kier molecular flexibility index (Phi) is 7.68. The SMILES string of the molecule is Cc1c(-c2cc(C(=O)NC[C@H]3[C@@H]4CNC[C@@H](C4)[C@@H]4CCCCN43)no2)cnn1C.Cl.Cl. The third kappa shape index (κ3) is 4.49. The zero-order valence-corrected chi connectivity index (χ0v) is 19.7. The molecule has 172 valence electrons. The highest BCUT2D eigenvalue weighted by molar-refractivity contribution is 5.93. The number of halogens is 2. The Labute approximate surface area is 195 Å². The minimum absolute atomic E-state index is 0. The highest BCUT2D eigenvalue weighted by Crippen LogP contribution is 2.38. The van der Waals surface area contributed by atoms with Crippen LogP contribution in [0.3, 0.4) is 0 Å². The van der Waals surface area contributed by atoms with E-state index in [-0.39, 0.29) is 30.7 Å². The fraction of sp³-hybridized carbons (Fsp3) is 0.667. The molecule has 3 fully saturated rings. The Morgan fingerprint density at radius 1 is 1.29 bits per heavy atom. The first-order chi connectivity index (χ1) is 14.1. The largest absolute Gasteiger partial charge is 0.355 e. The molecule has 2 aromatic heterocycles. The van der Waals surface area contributed by atoms with E-state index in [1.54, 1.807) is 16.9 Å². The number of nitrogens with zero attached hydrogens (tertiary/aromatic N) is 4. The van der Waals surface area contributed by atoms with Gasteiger partial charge in [0, 0.05) is 37.4 Å². The van der Waals surface area contributed by atoms with Gasteiger partial charge in [0.25, 0.3) is 5.91 Å². The summed E-state index contributed by atoms with van der Waals surface area (Å²) in [5, 5.41) is 15.0. The van der Waals surface area contributed by atoms with E-state index in [0.29, 0.717) is 36.0 Å². The molecule has 0 saturated carbocycles. The third-order valence-electron chi connectivity index (χ3n) is 7.24. The van der Waals surface area contributed by atoms with Crippen LogP contribution < -0.4 is 10.6 Å².